The van der Waals surface area contributed by atoms with Crippen LogP contribution < -0.4 is 10.3 Å². The van der Waals surface area contributed by atoms with Gasteiger partial charge < -0.3 is 9.72 Å². The zero-order valence-electron chi connectivity index (χ0n) is 11.0. The van der Waals surface area contributed by atoms with Crippen molar-refractivity contribution in [3.8, 4) is 5.75 Å². The number of para-hydroxylation sites is 1. The Morgan fingerprint density at radius 2 is 1.85 bits per heavy atom. The molecule has 0 aliphatic rings. The number of hydrogen-bond donors (Lipinski definition) is 1. The van der Waals surface area contributed by atoms with Crippen LogP contribution in [0.4, 0.5) is 0 Å². The Morgan fingerprint density at radius 3 is 2.70 bits per heavy atom. The second-order valence-corrected chi connectivity index (χ2v) is 4.64. The third-order valence-electron chi connectivity index (χ3n) is 3.24. The Labute approximate surface area is 116 Å². The highest BCUT2D eigenvalue weighted by Crippen LogP contribution is 2.13. The maximum atomic E-state index is 11.7. The van der Waals surface area contributed by atoms with Crippen LogP contribution in [0, 0.1) is 0 Å². The predicted octanol–water partition coefficient (Wildman–Crippen LogP) is 3.15. The molecule has 0 bridgehead atoms. The Balaban J connectivity index is 1.72. The molecule has 0 unspecified atom stereocenters. The van der Waals surface area contributed by atoms with E-state index in [1.807, 2.05) is 54.6 Å². The first-order chi connectivity index (χ1) is 9.83. The summed E-state index contributed by atoms with van der Waals surface area (Å²) in [6, 6.07) is 17.6. The molecule has 3 nitrogen and oxygen atoms in total. The van der Waals surface area contributed by atoms with Crippen molar-refractivity contribution in [3.63, 3.8) is 0 Å². The monoisotopic (exact) mass is 265 g/mol. The van der Waals surface area contributed by atoms with Gasteiger partial charge in [0.25, 0.3) is 5.56 Å². The third kappa shape index (κ3) is 2.72. The Hall–Kier alpha value is -2.55. The second-order valence-electron chi connectivity index (χ2n) is 4.64. The second kappa shape index (κ2) is 5.61. The first kappa shape index (κ1) is 12.5. The molecule has 0 aliphatic heterocycles. The molecule has 0 saturated heterocycles. The summed E-state index contributed by atoms with van der Waals surface area (Å²) < 4.78 is 5.67. The molecule has 0 amide bonds. The molecular formula is C17H15NO2. The molecular weight excluding hydrogens is 250 g/mol. The molecule has 2 aromatic carbocycles. The number of hydrogen-bond acceptors (Lipinski definition) is 2. The lowest BCUT2D eigenvalue weighted by molar-refractivity contribution is 0.322. The summed E-state index contributed by atoms with van der Waals surface area (Å²) in [5.41, 5.74) is 1.05. The molecule has 20 heavy (non-hydrogen) atoms. The summed E-state index contributed by atoms with van der Waals surface area (Å²) in [5, 5.41) is 1.69. The van der Waals surface area contributed by atoms with Crippen LogP contribution in [0.2, 0.25) is 0 Å². The van der Waals surface area contributed by atoms with E-state index in [0.29, 0.717) is 6.61 Å². The molecule has 1 aromatic heterocycles. The summed E-state index contributed by atoms with van der Waals surface area (Å²) in [6.07, 6.45) is 2.45. The zero-order valence-corrected chi connectivity index (χ0v) is 11.0. The van der Waals surface area contributed by atoms with Crippen molar-refractivity contribution >= 4 is 10.8 Å². The number of nitrogens with one attached hydrogen (secondary N) is 1. The first-order valence-corrected chi connectivity index (χ1v) is 6.61. The average molecular weight is 265 g/mol. The van der Waals surface area contributed by atoms with Crippen molar-refractivity contribution in [1.82, 2.24) is 4.98 Å². The molecule has 0 radical (unpaired) electrons. The number of aromatic nitrogens is 1. The van der Waals surface area contributed by atoms with E-state index in [-0.39, 0.29) is 5.56 Å². The maximum Gasteiger partial charge on any atom is 0.255 e. The van der Waals surface area contributed by atoms with Crippen LogP contribution in [0.1, 0.15) is 5.56 Å². The van der Waals surface area contributed by atoms with Gasteiger partial charge in [0.2, 0.25) is 0 Å². The molecule has 3 heteroatoms. The van der Waals surface area contributed by atoms with Gasteiger partial charge in [-0.3, -0.25) is 4.79 Å². The summed E-state index contributed by atoms with van der Waals surface area (Å²) in [5.74, 6) is 0.867. The lowest BCUT2D eigenvalue weighted by Crippen LogP contribution is -2.06. The average Bonchev–Trinajstić information content (AvgIpc) is 2.49. The molecule has 1 heterocycles. The van der Waals surface area contributed by atoms with Gasteiger partial charge in [-0.15, -0.1) is 0 Å². The Kier molecular flexibility index (Phi) is 3.50. The van der Waals surface area contributed by atoms with Crippen LogP contribution in [0.5, 0.6) is 5.75 Å². The van der Waals surface area contributed by atoms with E-state index >= 15 is 0 Å². The van der Waals surface area contributed by atoms with E-state index in [4.69, 9.17) is 4.74 Å². The normalized spacial score (nSPS) is 10.6. The van der Waals surface area contributed by atoms with Crippen LogP contribution >= 0.6 is 0 Å². The molecule has 100 valence electrons. The highest BCUT2D eigenvalue weighted by molar-refractivity contribution is 5.81. The molecule has 0 saturated carbocycles. The van der Waals surface area contributed by atoms with Gasteiger partial charge in [0.15, 0.2) is 0 Å². The highest BCUT2D eigenvalue weighted by atomic mass is 16.5. The SMILES string of the molecule is O=c1[nH]ccc2ccc(CCOc3ccccc3)cc12. The predicted molar refractivity (Wildman–Crippen MR) is 80.2 cm³/mol. The van der Waals surface area contributed by atoms with Crippen molar-refractivity contribution < 1.29 is 4.74 Å². The number of pyridine rings is 1. The molecule has 1 N–H and O–H groups in total. The van der Waals surface area contributed by atoms with E-state index < -0.39 is 0 Å². The van der Waals surface area contributed by atoms with Crippen molar-refractivity contribution in [2.24, 2.45) is 0 Å². The highest BCUT2D eigenvalue weighted by Gasteiger charge is 2.00. The number of H-pyrrole nitrogens is 1. The molecule has 0 aliphatic carbocycles. The van der Waals surface area contributed by atoms with Crippen LogP contribution in [-0.2, 0) is 6.42 Å². The molecule has 0 fully saturated rings. The lowest BCUT2D eigenvalue weighted by atomic mass is 10.1. The van der Waals surface area contributed by atoms with E-state index in [1.165, 1.54) is 0 Å². The lowest BCUT2D eigenvalue weighted by Gasteiger charge is -2.06. The number of aromatic amines is 1. The van der Waals surface area contributed by atoms with Gasteiger partial charge in [-0.2, -0.15) is 0 Å². The summed E-state index contributed by atoms with van der Waals surface area (Å²) >= 11 is 0. The van der Waals surface area contributed by atoms with Gasteiger partial charge in [-0.05, 0) is 35.2 Å². The van der Waals surface area contributed by atoms with E-state index in [0.717, 1.165) is 28.5 Å². The van der Waals surface area contributed by atoms with E-state index in [1.54, 1.807) is 6.20 Å². The fourth-order valence-electron chi connectivity index (χ4n) is 2.19. The van der Waals surface area contributed by atoms with Gasteiger partial charge in [0, 0.05) is 18.0 Å². The summed E-state index contributed by atoms with van der Waals surface area (Å²) in [7, 11) is 0. The third-order valence-corrected chi connectivity index (χ3v) is 3.24. The molecule has 3 rings (SSSR count). The van der Waals surface area contributed by atoms with E-state index in [2.05, 4.69) is 4.98 Å². The van der Waals surface area contributed by atoms with Gasteiger partial charge in [0.1, 0.15) is 5.75 Å². The van der Waals surface area contributed by atoms with Gasteiger partial charge >= 0.3 is 0 Å². The first-order valence-electron chi connectivity index (χ1n) is 6.61. The van der Waals surface area contributed by atoms with Crippen LogP contribution in [-0.4, -0.2) is 11.6 Å². The van der Waals surface area contributed by atoms with Crippen LogP contribution in [0.15, 0.2) is 65.6 Å². The zero-order chi connectivity index (χ0) is 13.8. The van der Waals surface area contributed by atoms with E-state index in [9.17, 15) is 4.79 Å². The van der Waals surface area contributed by atoms with Crippen molar-refractivity contribution in [2.45, 2.75) is 6.42 Å². The fraction of sp³-hybridized carbons (Fsp3) is 0.118. The number of rotatable bonds is 4. The largest absolute Gasteiger partial charge is 0.493 e. The minimum Gasteiger partial charge on any atom is -0.493 e. The van der Waals surface area contributed by atoms with Crippen molar-refractivity contribution in [1.29, 1.82) is 0 Å². The number of benzene rings is 2. The van der Waals surface area contributed by atoms with Crippen LogP contribution in [0.3, 0.4) is 0 Å². The maximum absolute atomic E-state index is 11.7. The quantitative estimate of drug-likeness (QED) is 0.787. The minimum absolute atomic E-state index is 0.0478. The standard InChI is InChI=1S/C17H15NO2/c19-17-16-12-13(6-7-14(16)8-10-18-17)9-11-20-15-4-2-1-3-5-15/h1-8,10,12H,9,11H2,(H,18,19). The van der Waals surface area contributed by atoms with Crippen LogP contribution in [0.25, 0.3) is 10.8 Å². The molecule has 0 spiro atoms. The summed E-state index contributed by atoms with van der Waals surface area (Å²) in [6.45, 7) is 0.597. The van der Waals surface area contributed by atoms with Gasteiger partial charge in [-0.25, -0.2) is 0 Å². The topological polar surface area (TPSA) is 42.1 Å². The van der Waals surface area contributed by atoms with Crippen molar-refractivity contribution in [2.75, 3.05) is 6.61 Å². The Morgan fingerprint density at radius 1 is 1.00 bits per heavy atom. The summed E-state index contributed by atoms with van der Waals surface area (Å²) in [4.78, 5) is 14.4. The molecule has 0 atom stereocenters. The number of fused-ring (bicyclic) bond motifs is 1. The Bertz CT molecular complexity index is 763. The van der Waals surface area contributed by atoms with Crippen molar-refractivity contribution in [3.05, 3.63) is 76.7 Å². The fourth-order valence-corrected chi connectivity index (χ4v) is 2.19. The van der Waals surface area contributed by atoms with Gasteiger partial charge in [0.05, 0.1) is 6.61 Å². The minimum atomic E-state index is -0.0478. The smallest absolute Gasteiger partial charge is 0.255 e. The van der Waals surface area contributed by atoms with Gasteiger partial charge in [-0.1, -0.05) is 30.3 Å². The molecule has 3 aromatic rings. The number of ether oxygens (including phenoxy) is 1.